The molecule has 0 radical (unpaired) electrons. The van der Waals surface area contributed by atoms with Gasteiger partial charge in [0.25, 0.3) is 0 Å². The Hall–Kier alpha value is -1.77. The Morgan fingerprint density at radius 3 is 2.89 bits per heavy atom. The maximum atomic E-state index is 11.9. The van der Waals surface area contributed by atoms with Gasteiger partial charge >= 0.3 is 12.0 Å². The molecule has 18 heavy (non-hydrogen) atoms. The van der Waals surface area contributed by atoms with E-state index in [1.165, 1.54) is 4.90 Å². The molecule has 2 N–H and O–H groups in total. The number of carbonyl (C=O) groups is 2. The number of amides is 2. The molecule has 0 aliphatic carbocycles. The number of hydrogen-bond acceptors (Lipinski definition) is 6. The van der Waals surface area contributed by atoms with Crippen LogP contribution >= 0.6 is 11.5 Å². The smallest absolute Gasteiger partial charge is 0.323 e. The lowest BCUT2D eigenvalue weighted by atomic mass is 9.84. The zero-order chi connectivity index (χ0) is 13.2. The Kier molecular flexibility index (Phi) is 3.41. The van der Waals surface area contributed by atoms with Crippen molar-refractivity contribution in [2.75, 3.05) is 18.4 Å². The third kappa shape index (κ3) is 2.26. The van der Waals surface area contributed by atoms with Crippen LogP contribution < -0.4 is 5.32 Å². The molecule has 2 rings (SSSR count). The molecule has 98 valence electrons. The number of likely N-dealkylation sites (tertiary alicyclic amines) is 1. The highest BCUT2D eigenvalue weighted by atomic mass is 32.1. The number of anilines is 1. The highest BCUT2D eigenvalue weighted by Crippen LogP contribution is 2.34. The van der Waals surface area contributed by atoms with E-state index in [1.54, 1.807) is 0 Å². The predicted molar refractivity (Wildman–Crippen MR) is 63.3 cm³/mol. The van der Waals surface area contributed by atoms with Gasteiger partial charge in [-0.15, -0.1) is 0 Å². The summed E-state index contributed by atoms with van der Waals surface area (Å²) in [4.78, 5) is 24.6. The molecule has 1 unspecified atom stereocenters. The number of urea groups is 1. The zero-order valence-electron chi connectivity index (χ0n) is 9.79. The van der Waals surface area contributed by atoms with E-state index in [9.17, 15) is 14.7 Å². The molecule has 1 saturated heterocycles. The number of hydrogen-bond donors (Lipinski definition) is 2. The minimum atomic E-state index is -0.849. The maximum absolute atomic E-state index is 11.9. The number of carboxylic acid groups (broad SMARTS) is 1. The fraction of sp³-hybridized carbons (Fsp3) is 0.667. The van der Waals surface area contributed by atoms with Crippen LogP contribution in [0, 0.1) is 5.41 Å². The summed E-state index contributed by atoms with van der Waals surface area (Å²) < 4.78 is 3.53. The topological polar surface area (TPSA) is 108 Å². The highest BCUT2D eigenvalue weighted by Gasteiger charge is 2.44. The summed E-state index contributed by atoms with van der Waals surface area (Å²) in [6.45, 7) is 2.47. The van der Waals surface area contributed by atoms with Crippen LogP contribution in [-0.2, 0) is 4.79 Å². The van der Waals surface area contributed by atoms with Crippen molar-refractivity contribution in [3.63, 3.8) is 0 Å². The lowest BCUT2D eigenvalue weighted by molar-refractivity contribution is -0.148. The number of nitrogens with zero attached hydrogens (tertiary/aromatic N) is 4. The molecular formula is C9H13N5O3S. The van der Waals surface area contributed by atoms with Crippen LogP contribution in [0.3, 0.4) is 0 Å². The number of aromatic nitrogens is 3. The van der Waals surface area contributed by atoms with Crippen LogP contribution in [0.2, 0.25) is 0 Å². The number of rotatable bonds is 3. The Morgan fingerprint density at radius 2 is 2.39 bits per heavy atom. The van der Waals surface area contributed by atoms with Gasteiger partial charge in [-0.3, -0.25) is 10.1 Å². The molecule has 0 bridgehead atoms. The van der Waals surface area contributed by atoms with Crippen LogP contribution in [0.25, 0.3) is 0 Å². The summed E-state index contributed by atoms with van der Waals surface area (Å²) in [5.74, 6) is -0.849. The van der Waals surface area contributed by atoms with Gasteiger partial charge in [0.2, 0.25) is 5.13 Å². The van der Waals surface area contributed by atoms with Gasteiger partial charge in [0.15, 0.2) is 0 Å². The lowest BCUT2D eigenvalue weighted by Gasteiger charge is -2.22. The molecule has 0 aromatic carbocycles. The van der Waals surface area contributed by atoms with Crippen molar-refractivity contribution < 1.29 is 14.7 Å². The molecule has 1 aliphatic heterocycles. The summed E-state index contributed by atoms with van der Waals surface area (Å²) in [5, 5.41) is 19.0. The Balaban J connectivity index is 2.00. The number of carboxylic acids is 1. The van der Waals surface area contributed by atoms with E-state index < -0.39 is 11.4 Å². The first kappa shape index (κ1) is 12.7. The highest BCUT2D eigenvalue weighted by molar-refractivity contribution is 7.09. The van der Waals surface area contributed by atoms with Gasteiger partial charge in [-0.1, -0.05) is 16.5 Å². The standard InChI is InChI=1S/C9H13N5O3S/c1-2-9(6(15)16)3-4-14(5-9)8(17)10-7-11-12-13-18-7/h2-5H2,1H3,(H,15,16)(H,10,11,13,17). The van der Waals surface area contributed by atoms with E-state index in [4.69, 9.17) is 0 Å². The van der Waals surface area contributed by atoms with Crippen molar-refractivity contribution in [3.8, 4) is 0 Å². The molecule has 0 spiro atoms. The summed E-state index contributed by atoms with van der Waals surface area (Å²) in [7, 11) is 0. The molecular weight excluding hydrogens is 258 g/mol. The second-order valence-electron chi connectivity index (χ2n) is 4.21. The van der Waals surface area contributed by atoms with Crippen molar-refractivity contribution in [1.82, 2.24) is 19.7 Å². The van der Waals surface area contributed by atoms with Gasteiger partial charge in [0, 0.05) is 24.6 Å². The predicted octanol–water partition coefficient (Wildman–Crippen LogP) is 0.652. The number of carbonyl (C=O) groups excluding carboxylic acids is 1. The molecule has 1 fully saturated rings. The van der Waals surface area contributed by atoms with Crippen LogP contribution in [-0.4, -0.2) is 49.9 Å². The van der Waals surface area contributed by atoms with E-state index in [0.717, 1.165) is 11.5 Å². The van der Waals surface area contributed by atoms with Gasteiger partial charge in [0.05, 0.1) is 5.41 Å². The third-order valence-corrected chi connectivity index (χ3v) is 3.80. The molecule has 1 aromatic rings. The van der Waals surface area contributed by atoms with Crippen molar-refractivity contribution >= 4 is 28.7 Å². The number of nitrogens with one attached hydrogen (secondary N) is 1. The summed E-state index contributed by atoms with van der Waals surface area (Å²) in [5.41, 5.74) is -0.823. The molecule has 1 aromatic heterocycles. The quantitative estimate of drug-likeness (QED) is 0.835. The van der Waals surface area contributed by atoms with Crippen molar-refractivity contribution in [2.45, 2.75) is 19.8 Å². The average molecular weight is 271 g/mol. The Labute approximate surface area is 107 Å². The molecule has 1 aliphatic rings. The number of aliphatic carboxylic acids is 1. The Morgan fingerprint density at radius 1 is 1.61 bits per heavy atom. The van der Waals surface area contributed by atoms with Crippen LogP contribution in [0.15, 0.2) is 0 Å². The molecule has 2 heterocycles. The van der Waals surface area contributed by atoms with Gasteiger partial charge in [-0.2, -0.15) is 0 Å². The minimum absolute atomic E-state index is 0.219. The maximum Gasteiger partial charge on any atom is 0.323 e. The van der Waals surface area contributed by atoms with Crippen LogP contribution in [0.5, 0.6) is 0 Å². The molecule has 0 saturated carbocycles. The normalized spacial score (nSPS) is 23.1. The minimum Gasteiger partial charge on any atom is -0.481 e. The van der Waals surface area contributed by atoms with E-state index in [0.29, 0.717) is 24.5 Å². The largest absolute Gasteiger partial charge is 0.481 e. The van der Waals surface area contributed by atoms with E-state index in [1.807, 2.05) is 6.92 Å². The second-order valence-corrected chi connectivity index (χ2v) is 4.94. The van der Waals surface area contributed by atoms with Crippen molar-refractivity contribution in [2.24, 2.45) is 5.41 Å². The Bertz CT molecular complexity index is 451. The van der Waals surface area contributed by atoms with Gasteiger partial charge in [0.1, 0.15) is 0 Å². The van der Waals surface area contributed by atoms with Crippen LogP contribution in [0.4, 0.5) is 9.93 Å². The SMILES string of the molecule is CCC1(C(=O)O)CCN(C(=O)Nc2nnns2)C1. The average Bonchev–Trinajstić information content (AvgIpc) is 2.97. The zero-order valence-corrected chi connectivity index (χ0v) is 10.6. The summed E-state index contributed by atoms with van der Waals surface area (Å²) in [6, 6.07) is -0.356. The fourth-order valence-electron chi connectivity index (χ4n) is 2.01. The van der Waals surface area contributed by atoms with E-state index >= 15 is 0 Å². The van der Waals surface area contributed by atoms with Crippen LogP contribution in [0.1, 0.15) is 19.8 Å². The first-order chi connectivity index (χ1) is 8.57. The van der Waals surface area contributed by atoms with Gasteiger partial charge in [-0.25, -0.2) is 4.79 Å². The van der Waals surface area contributed by atoms with Gasteiger partial charge in [-0.05, 0) is 18.1 Å². The summed E-state index contributed by atoms with van der Waals surface area (Å²) in [6.07, 6.45) is 0.979. The lowest BCUT2D eigenvalue weighted by Crippen LogP contribution is -2.38. The fourth-order valence-corrected chi connectivity index (χ4v) is 2.37. The summed E-state index contributed by atoms with van der Waals surface area (Å²) >= 11 is 0.975. The molecule has 9 heteroatoms. The van der Waals surface area contributed by atoms with Crippen molar-refractivity contribution in [1.29, 1.82) is 0 Å². The van der Waals surface area contributed by atoms with Crippen molar-refractivity contribution in [3.05, 3.63) is 0 Å². The third-order valence-electron chi connectivity index (χ3n) is 3.28. The first-order valence-corrected chi connectivity index (χ1v) is 6.29. The second kappa shape index (κ2) is 4.84. The monoisotopic (exact) mass is 271 g/mol. The van der Waals surface area contributed by atoms with Gasteiger partial charge < -0.3 is 10.0 Å². The molecule has 2 amide bonds. The molecule has 1 atom stereocenters. The van der Waals surface area contributed by atoms with E-state index in [-0.39, 0.29) is 12.6 Å². The van der Waals surface area contributed by atoms with E-state index in [2.05, 4.69) is 20.1 Å². The molecule has 8 nitrogen and oxygen atoms in total. The first-order valence-electron chi connectivity index (χ1n) is 5.52.